The molecule has 3 fully saturated rings. The van der Waals surface area contributed by atoms with Crippen molar-refractivity contribution in [1.82, 2.24) is 9.80 Å². The third-order valence-electron chi connectivity index (χ3n) is 11.5. The van der Waals surface area contributed by atoms with Gasteiger partial charge >= 0.3 is 0 Å². The van der Waals surface area contributed by atoms with Crippen molar-refractivity contribution in [3.8, 4) is 11.5 Å². The van der Waals surface area contributed by atoms with Gasteiger partial charge in [-0.3, -0.25) is 9.80 Å². The summed E-state index contributed by atoms with van der Waals surface area (Å²) in [5.41, 5.74) is 3.05. The lowest BCUT2D eigenvalue weighted by atomic mass is 9.48. The molecule has 228 valence electrons. The van der Waals surface area contributed by atoms with E-state index in [0.717, 1.165) is 69.3 Å². The lowest BCUT2D eigenvalue weighted by molar-refractivity contribution is -0.201. The van der Waals surface area contributed by atoms with E-state index >= 15 is 0 Å². The molecule has 2 bridgehead atoms. The van der Waals surface area contributed by atoms with E-state index in [-0.39, 0.29) is 17.6 Å². The van der Waals surface area contributed by atoms with Crippen LogP contribution in [0.25, 0.3) is 0 Å². The van der Waals surface area contributed by atoms with Gasteiger partial charge in [0.25, 0.3) is 0 Å². The zero-order valence-electron chi connectivity index (χ0n) is 26.2. The maximum Gasteiger partial charge on any atom is 0.165 e. The van der Waals surface area contributed by atoms with Gasteiger partial charge in [0.05, 0.1) is 18.1 Å². The van der Waals surface area contributed by atoms with Gasteiger partial charge in [-0.15, -0.1) is 0 Å². The summed E-state index contributed by atoms with van der Waals surface area (Å²) in [4.78, 5) is 5.44. The van der Waals surface area contributed by atoms with Crippen molar-refractivity contribution in [2.24, 2.45) is 11.8 Å². The molecule has 42 heavy (non-hydrogen) atoms. The highest BCUT2D eigenvalue weighted by Crippen LogP contribution is 2.66. The Hall–Kier alpha value is -2.08. The molecular formula is C37H52N2O3. The van der Waals surface area contributed by atoms with Gasteiger partial charge in [0, 0.05) is 30.7 Å². The molecule has 2 aromatic rings. The Kier molecular flexibility index (Phi) is 7.82. The highest BCUT2D eigenvalue weighted by molar-refractivity contribution is 5.63. The Morgan fingerprint density at radius 2 is 1.83 bits per heavy atom. The van der Waals surface area contributed by atoms with E-state index in [2.05, 4.69) is 66.1 Å². The molecule has 3 aliphatic carbocycles. The average Bonchev–Trinajstić information content (AvgIpc) is 3.73. The van der Waals surface area contributed by atoms with Crippen molar-refractivity contribution >= 4 is 0 Å². The Morgan fingerprint density at radius 3 is 2.60 bits per heavy atom. The van der Waals surface area contributed by atoms with Crippen LogP contribution >= 0.6 is 0 Å². The van der Waals surface area contributed by atoms with Crippen molar-refractivity contribution < 1.29 is 14.6 Å². The largest absolute Gasteiger partial charge is 0.493 e. The molecule has 2 heterocycles. The van der Waals surface area contributed by atoms with Crippen molar-refractivity contribution in [3.05, 3.63) is 59.2 Å². The molecule has 1 N–H and O–H groups in total. The van der Waals surface area contributed by atoms with E-state index in [0.29, 0.717) is 12.0 Å². The van der Waals surface area contributed by atoms with Crippen LogP contribution in [0.3, 0.4) is 0 Å². The predicted octanol–water partition coefficient (Wildman–Crippen LogP) is 6.39. The van der Waals surface area contributed by atoms with Crippen LogP contribution in [-0.4, -0.2) is 72.0 Å². The predicted molar refractivity (Wildman–Crippen MR) is 168 cm³/mol. The molecule has 0 aromatic heterocycles. The van der Waals surface area contributed by atoms with Gasteiger partial charge < -0.3 is 14.6 Å². The molecule has 5 heteroatoms. The van der Waals surface area contributed by atoms with E-state index in [4.69, 9.17) is 9.47 Å². The molecule has 2 aliphatic heterocycles. The monoisotopic (exact) mass is 572 g/mol. The topological polar surface area (TPSA) is 45.2 Å². The molecule has 0 unspecified atom stereocenters. The van der Waals surface area contributed by atoms with Crippen LogP contribution in [-0.2, 0) is 18.3 Å². The number of hydrogen-bond donors (Lipinski definition) is 1. The number of nitrogens with zero attached hydrogens (tertiary/aromatic N) is 2. The van der Waals surface area contributed by atoms with Gasteiger partial charge in [-0.25, -0.2) is 0 Å². The highest BCUT2D eigenvalue weighted by atomic mass is 16.5. The fourth-order valence-corrected chi connectivity index (χ4v) is 9.48. The van der Waals surface area contributed by atoms with Gasteiger partial charge in [-0.2, -0.15) is 0 Å². The number of rotatable bonds is 13. The fourth-order valence-electron chi connectivity index (χ4n) is 9.48. The number of aryl methyl sites for hydroxylation is 1. The quantitative estimate of drug-likeness (QED) is 0.282. The highest BCUT2D eigenvalue weighted by Gasteiger charge is 2.73. The van der Waals surface area contributed by atoms with Gasteiger partial charge in [-0.1, -0.05) is 63.1 Å². The summed E-state index contributed by atoms with van der Waals surface area (Å²) < 4.78 is 13.0. The Morgan fingerprint density at radius 1 is 1.02 bits per heavy atom. The summed E-state index contributed by atoms with van der Waals surface area (Å²) in [7, 11) is 1.76. The molecule has 1 spiro atoms. The minimum Gasteiger partial charge on any atom is -0.493 e. The van der Waals surface area contributed by atoms with Crippen LogP contribution in [0, 0.1) is 11.8 Å². The van der Waals surface area contributed by atoms with Crippen LogP contribution < -0.4 is 9.47 Å². The van der Waals surface area contributed by atoms with Gasteiger partial charge in [-0.05, 0) is 99.9 Å². The zero-order valence-corrected chi connectivity index (χ0v) is 26.2. The Bertz CT molecular complexity index is 1250. The molecule has 0 radical (unpaired) electrons. The molecule has 5 atom stereocenters. The Labute approximate surface area is 253 Å². The minimum absolute atomic E-state index is 0.0241. The van der Waals surface area contributed by atoms with Crippen LogP contribution in [0.4, 0.5) is 0 Å². The number of aliphatic hydroxyl groups is 1. The normalized spacial score (nSPS) is 31.3. The second-order valence-corrected chi connectivity index (χ2v) is 14.6. The molecule has 2 saturated carbocycles. The lowest BCUT2D eigenvalue weighted by Gasteiger charge is -2.65. The minimum atomic E-state index is -0.743. The second kappa shape index (κ2) is 11.4. The molecule has 1 saturated heterocycles. The first-order valence-electron chi connectivity index (χ1n) is 17.1. The van der Waals surface area contributed by atoms with Crippen molar-refractivity contribution in [2.75, 3.05) is 33.3 Å². The zero-order chi connectivity index (χ0) is 28.9. The smallest absolute Gasteiger partial charge is 0.165 e. The Balaban J connectivity index is 1.13. The SMILES string of the molecule is COc1ccc2c3c1O[C@H]1[C@@H](N(CCCCCCc4ccccc4)CC(C)C)CC[C@@]4(O)[C@@H](C2)N(CC2CC2)CC[C@]314. The van der Waals surface area contributed by atoms with Crippen LogP contribution in [0.5, 0.6) is 11.5 Å². The molecule has 5 aliphatic rings. The van der Waals surface area contributed by atoms with Crippen LogP contribution in [0.1, 0.15) is 88.3 Å². The van der Waals surface area contributed by atoms with E-state index in [9.17, 15) is 5.11 Å². The standard InChI is InChI=1S/C37H52N2O3/c1-26(2)24-38(21-10-5-4-7-11-27-12-8-6-9-13-27)30-18-19-37(40)32-23-29-16-17-31(41-3)34-33(29)36(37,35(30)42-34)20-22-39(32)25-28-14-15-28/h6,8-9,12-13,16-17,26,28,30,32,35,40H,4-5,7,10-11,14-15,18-25H2,1-3H3/t30-,32+,35-,36-,37+/m0/s1. The first-order valence-corrected chi connectivity index (χ1v) is 17.1. The van der Waals surface area contributed by atoms with Gasteiger partial charge in [0.2, 0.25) is 0 Å². The van der Waals surface area contributed by atoms with E-state index in [1.807, 2.05) is 0 Å². The van der Waals surface area contributed by atoms with E-state index in [1.54, 1.807) is 7.11 Å². The van der Waals surface area contributed by atoms with E-state index < -0.39 is 5.60 Å². The number of hydrogen-bond acceptors (Lipinski definition) is 5. The average molecular weight is 573 g/mol. The molecule has 0 amide bonds. The summed E-state index contributed by atoms with van der Waals surface area (Å²) in [5.74, 6) is 3.20. The molecule has 7 rings (SSSR count). The number of piperidine rings is 1. The summed E-state index contributed by atoms with van der Waals surface area (Å²) >= 11 is 0. The maximum absolute atomic E-state index is 12.9. The van der Waals surface area contributed by atoms with Crippen LogP contribution in [0.2, 0.25) is 0 Å². The summed E-state index contributed by atoms with van der Waals surface area (Å²) in [6.45, 7) is 9.12. The first-order chi connectivity index (χ1) is 20.4. The number of likely N-dealkylation sites (tertiary alicyclic amines) is 1. The number of ether oxygens (including phenoxy) is 2. The molecular weight excluding hydrogens is 520 g/mol. The van der Waals surface area contributed by atoms with Crippen LogP contribution in [0.15, 0.2) is 42.5 Å². The van der Waals surface area contributed by atoms with Gasteiger partial charge in [0.1, 0.15) is 6.10 Å². The fraction of sp³-hybridized carbons (Fsp3) is 0.676. The third kappa shape index (κ3) is 4.79. The maximum atomic E-state index is 12.9. The lowest BCUT2D eigenvalue weighted by Crippen LogP contribution is -2.78. The van der Waals surface area contributed by atoms with Crippen molar-refractivity contribution in [3.63, 3.8) is 0 Å². The second-order valence-electron chi connectivity index (χ2n) is 14.6. The number of benzene rings is 2. The molecule has 5 nitrogen and oxygen atoms in total. The van der Waals surface area contributed by atoms with Crippen molar-refractivity contribution in [1.29, 1.82) is 0 Å². The number of methoxy groups -OCH3 is 1. The van der Waals surface area contributed by atoms with Gasteiger partial charge in [0.15, 0.2) is 11.5 Å². The number of unbranched alkanes of at least 4 members (excludes halogenated alkanes) is 3. The summed E-state index contributed by atoms with van der Waals surface area (Å²) in [6.07, 6.45) is 12.7. The summed E-state index contributed by atoms with van der Waals surface area (Å²) in [5, 5.41) is 12.9. The van der Waals surface area contributed by atoms with Crippen molar-refractivity contribution in [2.45, 2.75) is 114 Å². The van der Waals surface area contributed by atoms with E-state index in [1.165, 1.54) is 61.6 Å². The summed E-state index contributed by atoms with van der Waals surface area (Å²) in [6, 6.07) is 15.8. The molecule has 2 aromatic carbocycles. The first kappa shape index (κ1) is 28.7. The third-order valence-corrected chi connectivity index (χ3v) is 11.5.